The number of methoxy groups -OCH3 is 3. The van der Waals surface area contributed by atoms with Crippen molar-refractivity contribution < 1.29 is 28.5 Å². The number of hydrogen-bond donors (Lipinski definition) is 0. The van der Waals surface area contributed by atoms with E-state index in [1.807, 2.05) is 0 Å². The standard InChI is InChI=1S/C22H34O6/c1-6-8-9-10-11-12-13-18(23)16-14-19(25-3)22(27-5)21(26-4)17(16)15-20(24)28-7-2/h14H,6-13,15H2,1-5H3. The van der Waals surface area contributed by atoms with Gasteiger partial charge in [0.05, 0.1) is 34.4 Å². The third kappa shape index (κ3) is 6.73. The first-order valence-electron chi connectivity index (χ1n) is 10.0. The average Bonchev–Trinajstić information content (AvgIpc) is 2.69. The van der Waals surface area contributed by atoms with Gasteiger partial charge in [-0.15, -0.1) is 0 Å². The molecule has 0 aromatic heterocycles. The normalized spacial score (nSPS) is 10.5. The Morgan fingerprint density at radius 2 is 1.50 bits per heavy atom. The molecule has 0 aliphatic carbocycles. The summed E-state index contributed by atoms with van der Waals surface area (Å²) in [6.07, 6.45) is 6.94. The summed E-state index contributed by atoms with van der Waals surface area (Å²) in [6, 6.07) is 1.63. The van der Waals surface area contributed by atoms with Crippen LogP contribution in [0.5, 0.6) is 17.2 Å². The molecule has 0 spiro atoms. The maximum atomic E-state index is 12.9. The summed E-state index contributed by atoms with van der Waals surface area (Å²) in [4.78, 5) is 25.0. The van der Waals surface area contributed by atoms with Crippen LogP contribution in [0.25, 0.3) is 0 Å². The van der Waals surface area contributed by atoms with E-state index in [-0.39, 0.29) is 18.8 Å². The summed E-state index contributed by atoms with van der Waals surface area (Å²) in [6.45, 7) is 4.20. The lowest BCUT2D eigenvalue weighted by Gasteiger charge is -2.19. The second kappa shape index (κ2) is 13.0. The van der Waals surface area contributed by atoms with E-state index in [9.17, 15) is 9.59 Å². The van der Waals surface area contributed by atoms with Gasteiger partial charge in [0.15, 0.2) is 17.3 Å². The highest BCUT2D eigenvalue weighted by Gasteiger charge is 2.25. The Morgan fingerprint density at radius 1 is 0.857 bits per heavy atom. The quantitative estimate of drug-likeness (QED) is 0.258. The van der Waals surface area contributed by atoms with Gasteiger partial charge in [-0.3, -0.25) is 9.59 Å². The molecule has 0 amide bonds. The molecule has 0 aliphatic rings. The van der Waals surface area contributed by atoms with Crippen LogP contribution in [0, 0.1) is 0 Å². The van der Waals surface area contributed by atoms with Crippen LogP contribution in [0.15, 0.2) is 6.07 Å². The third-order valence-corrected chi connectivity index (χ3v) is 4.62. The molecule has 0 bridgehead atoms. The van der Waals surface area contributed by atoms with E-state index in [1.54, 1.807) is 13.0 Å². The minimum atomic E-state index is -0.415. The third-order valence-electron chi connectivity index (χ3n) is 4.62. The molecular weight excluding hydrogens is 360 g/mol. The smallest absolute Gasteiger partial charge is 0.310 e. The molecule has 0 fully saturated rings. The molecule has 0 radical (unpaired) electrons. The zero-order valence-corrected chi connectivity index (χ0v) is 17.9. The fourth-order valence-corrected chi connectivity index (χ4v) is 3.20. The highest BCUT2D eigenvalue weighted by molar-refractivity contribution is 6.00. The predicted molar refractivity (Wildman–Crippen MR) is 109 cm³/mol. The number of carbonyl (C=O) groups excluding carboxylic acids is 2. The first-order valence-corrected chi connectivity index (χ1v) is 10.0. The van der Waals surface area contributed by atoms with Crippen LogP contribution in [0.4, 0.5) is 0 Å². The number of benzene rings is 1. The Kier molecular flexibility index (Phi) is 11.1. The minimum Gasteiger partial charge on any atom is -0.493 e. The first-order chi connectivity index (χ1) is 13.5. The lowest BCUT2D eigenvalue weighted by molar-refractivity contribution is -0.142. The summed E-state index contributed by atoms with van der Waals surface area (Å²) < 4.78 is 21.3. The summed E-state index contributed by atoms with van der Waals surface area (Å²) in [5, 5.41) is 0. The van der Waals surface area contributed by atoms with Gasteiger partial charge in [0, 0.05) is 17.5 Å². The molecule has 0 unspecified atom stereocenters. The van der Waals surface area contributed by atoms with Gasteiger partial charge < -0.3 is 18.9 Å². The molecule has 6 nitrogen and oxygen atoms in total. The van der Waals surface area contributed by atoms with E-state index in [1.165, 1.54) is 40.6 Å². The Morgan fingerprint density at radius 3 is 2.07 bits per heavy atom. The second-order valence-electron chi connectivity index (χ2n) is 6.59. The SMILES string of the molecule is CCCCCCCCC(=O)c1cc(OC)c(OC)c(OC)c1CC(=O)OCC. The van der Waals surface area contributed by atoms with Gasteiger partial charge in [-0.05, 0) is 19.4 Å². The van der Waals surface area contributed by atoms with Crippen LogP contribution >= 0.6 is 0 Å². The van der Waals surface area contributed by atoms with Gasteiger partial charge in [0.25, 0.3) is 0 Å². The van der Waals surface area contributed by atoms with Crippen molar-refractivity contribution in [1.29, 1.82) is 0 Å². The number of ketones is 1. The van der Waals surface area contributed by atoms with Crippen LogP contribution in [-0.4, -0.2) is 39.7 Å². The van der Waals surface area contributed by atoms with Crippen molar-refractivity contribution in [2.24, 2.45) is 0 Å². The molecule has 0 aliphatic heterocycles. The van der Waals surface area contributed by atoms with E-state index in [4.69, 9.17) is 18.9 Å². The van der Waals surface area contributed by atoms with Gasteiger partial charge in [-0.1, -0.05) is 39.0 Å². The van der Waals surface area contributed by atoms with E-state index in [0.29, 0.717) is 34.8 Å². The van der Waals surface area contributed by atoms with Crippen LogP contribution in [0.2, 0.25) is 0 Å². The number of hydrogen-bond acceptors (Lipinski definition) is 6. The Balaban J connectivity index is 3.11. The van der Waals surface area contributed by atoms with E-state index >= 15 is 0 Å². The molecule has 6 heteroatoms. The maximum absolute atomic E-state index is 12.9. The van der Waals surface area contributed by atoms with Gasteiger partial charge in [0.1, 0.15) is 0 Å². The molecular formula is C22H34O6. The number of unbranched alkanes of at least 4 members (excludes halogenated alkanes) is 5. The monoisotopic (exact) mass is 394 g/mol. The lowest BCUT2D eigenvalue weighted by atomic mass is 9.95. The van der Waals surface area contributed by atoms with Crippen molar-refractivity contribution >= 4 is 11.8 Å². The number of carbonyl (C=O) groups is 2. The van der Waals surface area contributed by atoms with E-state index in [2.05, 4.69) is 6.92 Å². The van der Waals surface area contributed by atoms with Crippen molar-refractivity contribution in [3.63, 3.8) is 0 Å². The molecule has 28 heavy (non-hydrogen) atoms. The Hall–Kier alpha value is -2.24. The summed E-state index contributed by atoms with van der Waals surface area (Å²) in [7, 11) is 4.48. The Labute approximate surface area is 168 Å². The van der Waals surface area contributed by atoms with Crippen molar-refractivity contribution in [3.05, 3.63) is 17.2 Å². The molecule has 0 saturated heterocycles. The van der Waals surface area contributed by atoms with Gasteiger partial charge >= 0.3 is 5.97 Å². The lowest BCUT2D eigenvalue weighted by Crippen LogP contribution is -2.14. The molecule has 1 aromatic carbocycles. The molecule has 0 saturated carbocycles. The zero-order chi connectivity index (χ0) is 20.9. The topological polar surface area (TPSA) is 71.1 Å². The van der Waals surface area contributed by atoms with Gasteiger partial charge in [-0.25, -0.2) is 0 Å². The maximum Gasteiger partial charge on any atom is 0.310 e. The van der Waals surface area contributed by atoms with Gasteiger partial charge in [-0.2, -0.15) is 0 Å². The largest absolute Gasteiger partial charge is 0.493 e. The Bertz CT molecular complexity index is 638. The molecule has 1 aromatic rings. The van der Waals surface area contributed by atoms with Crippen LogP contribution in [0.1, 0.15) is 74.7 Å². The minimum absolute atomic E-state index is 0.0333. The number of ether oxygens (including phenoxy) is 4. The van der Waals surface area contributed by atoms with Crippen molar-refractivity contribution in [2.45, 2.75) is 65.2 Å². The van der Waals surface area contributed by atoms with Gasteiger partial charge in [0.2, 0.25) is 5.75 Å². The predicted octanol–water partition coefficient (Wildman–Crippen LogP) is 4.75. The average molecular weight is 395 g/mol. The fraction of sp³-hybridized carbons (Fsp3) is 0.636. The highest BCUT2D eigenvalue weighted by atomic mass is 16.5. The van der Waals surface area contributed by atoms with Crippen LogP contribution in [-0.2, 0) is 16.0 Å². The summed E-state index contributed by atoms with van der Waals surface area (Å²) >= 11 is 0. The van der Waals surface area contributed by atoms with Crippen LogP contribution in [0.3, 0.4) is 0 Å². The number of Topliss-reactive ketones (excluding diaryl/α,β-unsaturated/α-hetero) is 1. The van der Waals surface area contributed by atoms with E-state index < -0.39 is 5.97 Å². The number of esters is 1. The van der Waals surface area contributed by atoms with Crippen molar-refractivity contribution in [1.82, 2.24) is 0 Å². The second-order valence-corrected chi connectivity index (χ2v) is 6.59. The molecule has 1 rings (SSSR count). The molecule has 158 valence electrons. The summed E-state index contributed by atoms with van der Waals surface area (Å²) in [5.41, 5.74) is 0.908. The van der Waals surface area contributed by atoms with Crippen LogP contribution < -0.4 is 14.2 Å². The fourth-order valence-electron chi connectivity index (χ4n) is 3.20. The molecule has 0 heterocycles. The zero-order valence-electron chi connectivity index (χ0n) is 17.9. The highest BCUT2D eigenvalue weighted by Crippen LogP contribution is 2.42. The first kappa shape index (κ1) is 23.8. The van der Waals surface area contributed by atoms with Crippen molar-refractivity contribution in [2.75, 3.05) is 27.9 Å². The van der Waals surface area contributed by atoms with E-state index in [0.717, 1.165) is 19.3 Å². The molecule has 0 atom stereocenters. The van der Waals surface area contributed by atoms with Crippen molar-refractivity contribution in [3.8, 4) is 17.2 Å². The molecule has 0 N–H and O–H groups in total. The number of rotatable bonds is 14. The summed E-state index contributed by atoms with van der Waals surface area (Å²) in [5.74, 6) is 0.649.